The molecule has 0 radical (unpaired) electrons. The Morgan fingerprint density at radius 3 is 2.69 bits per heavy atom. The molecule has 0 fully saturated rings. The van der Waals surface area contributed by atoms with Crippen molar-refractivity contribution in [2.75, 3.05) is 24.2 Å². The van der Waals surface area contributed by atoms with Crippen LogP contribution in [0.1, 0.15) is 26.5 Å². The van der Waals surface area contributed by atoms with Gasteiger partial charge in [-0.1, -0.05) is 6.92 Å². The van der Waals surface area contributed by atoms with Crippen molar-refractivity contribution in [2.45, 2.75) is 33.3 Å². The van der Waals surface area contributed by atoms with E-state index in [9.17, 15) is 0 Å². The first-order valence-corrected chi connectivity index (χ1v) is 5.76. The second-order valence-electron chi connectivity index (χ2n) is 3.83. The molecule has 1 aromatic heterocycles. The number of rotatable bonds is 6. The second kappa shape index (κ2) is 5.75. The third kappa shape index (κ3) is 2.88. The lowest BCUT2D eigenvalue weighted by Gasteiger charge is -2.13. The maximum Gasteiger partial charge on any atom is 0.147 e. The lowest BCUT2D eigenvalue weighted by Crippen LogP contribution is -2.21. The summed E-state index contributed by atoms with van der Waals surface area (Å²) in [4.78, 5) is 0. The van der Waals surface area contributed by atoms with Crippen LogP contribution < -0.4 is 11.1 Å². The van der Waals surface area contributed by atoms with Gasteiger partial charge in [0.25, 0.3) is 0 Å². The zero-order valence-electron chi connectivity index (χ0n) is 10.6. The van der Waals surface area contributed by atoms with E-state index in [1.165, 1.54) is 0 Å². The quantitative estimate of drug-likeness (QED) is 0.769. The number of hydrogen-bond acceptors (Lipinski definition) is 4. The van der Waals surface area contributed by atoms with Crippen LogP contribution in [0.15, 0.2) is 0 Å². The molecule has 0 aliphatic carbocycles. The standard InChI is InChI=1S/C11H22N4O/c1-5-9-10(12)11(15(4)14-9)13-7-8(3)16-6-2/h8,13H,5-7,12H2,1-4H3. The van der Waals surface area contributed by atoms with Crippen molar-refractivity contribution in [3.63, 3.8) is 0 Å². The average Bonchev–Trinajstić information content (AvgIpc) is 2.52. The summed E-state index contributed by atoms with van der Waals surface area (Å²) in [5.74, 6) is 0.878. The van der Waals surface area contributed by atoms with Gasteiger partial charge in [-0.15, -0.1) is 0 Å². The van der Waals surface area contributed by atoms with Gasteiger partial charge < -0.3 is 15.8 Å². The monoisotopic (exact) mass is 226 g/mol. The highest BCUT2D eigenvalue weighted by Crippen LogP contribution is 2.22. The molecule has 5 nitrogen and oxygen atoms in total. The van der Waals surface area contributed by atoms with Gasteiger partial charge in [-0.2, -0.15) is 5.10 Å². The zero-order chi connectivity index (χ0) is 12.1. The van der Waals surface area contributed by atoms with E-state index in [-0.39, 0.29) is 6.10 Å². The van der Waals surface area contributed by atoms with E-state index in [0.717, 1.165) is 36.8 Å². The molecule has 1 aromatic rings. The minimum Gasteiger partial charge on any atom is -0.394 e. The lowest BCUT2D eigenvalue weighted by atomic mass is 10.3. The number of ether oxygens (including phenoxy) is 1. The predicted octanol–water partition coefficient (Wildman–Crippen LogP) is 1.40. The molecular formula is C11H22N4O. The largest absolute Gasteiger partial charge is 0.394 e. The summed E-state index contributed by atoms with van der Waals surface area (Å²) in [6.45, 7) is 7.53. The van der Waals surface area contributed by atoms with E-state index in [1.54, 1.807) is 4.68 Å². The van der Waals surface area contributed by atoms with E-state index in [2.05, 4.69) is 10.4 Å². The molecule has 1 atom stereocenters. The Bertz CT molecular complexity index is 335. The number of aryl methyl sites for hydroxylation is 2. The van der Waals surface area contributed by atoms with Gasteiger partial charge in [0.2, 0.25) is 0 Å². The number of nitrogen functional groups attached to an aromatic ring is 1. The highest BCUT2D eigenvalue weighted by molar-refractivity contribution is 5.64. The van der Waals surface area contributed by atoms with Gasteiger partial charge in [0.05, 0.1) is 17.5 Å². The maximum atomic E-state index is 5.99. The van der Waals surface area contributed by atoms with Crippen molar-refractivity contribution in [1.29, 1.82) is 0 Å². The Labute approximate surface area is 97.0 Å². The Kier molecular flexibility index (Phi) is 4.61. The molecule has 0 aliphatic rings. The van der Waals surface area contributed by atoms with Gasteiger partial charge in [0.15, 0.2) is 0 Å². The molecule has 92 valence electrons. The molecule has 1 rings (SSSR count). The van der Waals surface area contributed by atoms with Crippen LogP contribution in [0.3, 0.4) is 0 Å². The smallest absolute Gasteiger partial charge is 0.147 e. The number of nitrogens with one attached hydrogen (secondary N) is 1. The highest BCUT2D eigenvalue weighted by Gasteiger charge is 2.12. The van der Waals surface area contributed by atoms with Gasteiger partial charge in [-0.05, 0) is 20.3 Å². The average molecular weight is 226 g/mol. The van der Waals surface area contributed by atoms with Gasteiger partial charge in [-0.25, -0.2) is 0 Å². The Morgan fingerprint density at radius 1 is 1.50 bits per heavy atom. The number of nitrogens with two attached hydrogens (primary N) is 1. The minimum absolute atomic E-state index is 0.171. The fourth-order valence-electron chi connectivity index (χ4n) is 1.65. The van der Waals surface area contributed by atoms with E-state index >= 15 is 0 Å². The minimum atomic E-state index is 0.171. The maximum absolute atomic E-state index is 5.99. The van der Waals surface area contributed by atoms with Crippen molar-refractivity contribution >= 4 is 11.5 Å². The summed E-state index contributed by atoms with van der Waals surface area (Å²) in [5, 5.41) is 7.61. The van der Waals surface area contributed by atoms with Gasteiger partial charge in [-0.3, -0.25) is 4.68 Å². The Hall–Kier alpha value is -1.23. The zero-order valence-corrected chi connectivity index (χ0v) is 10.6. The summed E-state index contributed by atoms with van der Waals surface area (Å²) in [5.41, 5.74) is 7.67. The molecule has 0 spiro atoms. The van der Waals surface area contributed by atoms with Crippen LogP contribution in [0.2, 0.25) is 0 Å². The van der Waals surface area contributed by atoms with Crippen molar-refractivity contribution in [3.8, 4) is 0 Å². The van der Waals surface area contributed by atoms with Crippen molar-refractivity contribution < 1.29 is 4.74 Å². The molecule has 5 heteroatoms. The van der Waals surface area contributed by atoms with Gasteiger partial charge >= 0.3 is 0 Å². The molecule has 0 aliphatic heterocycles. The van der Waals surface area contributed by atoms with Crippen LogP contribution >= 0.6 is 0 Å². The molecule has 3 N–H and O–H groups in total. The number of aromatic nitrogens is 2. The topological polar surface area (TPSA) is 65.1 Å². The summed E-state index contributed by atoms with van der Waals surface area (Å²) >= 11 is 0. The number of nitrogens with zero attached hydrogens (tertiary/aromatic N) is 2. The lowest BCUT2D eigenvalue weighted by molar-refractivity contribution is 0.0854. The molecule has 0 amide bonds. The van der Waals surface area contributed by atoms with Crippen molar-refractivity contribution in [3.05, 3.63) is 5.69 Å². The van der Waals surface area contributed by atoms with E-state index in [0.29, 0.717) is 0 Å². The highest BCUT2D eigenvalue weighted by atomic mass is 16.5. The summed E-state index contributed by atoms with van der Waals surface area (Å²) in [7, 11) is 1.89. The first-order chi connectivity index (χ1) is 7.60. The van der Waals surface area contributed by atoms with E-state index in [1.807, 2.05) is 27.8 Å². The molecule has 0 aromatic carbocycles. The second-order valence-corrected chi connectivity index (χ2v) is 3.83. The molecule has 0 saturated carbocycles. The van der Waals surface area contributed by atoms with Crippen molar-refractivity contribution in [1.82, 2.24) is 9.78 Å². The number of hydrogen-bond donors (Lipinski definition) is 2. The van der Waals surface area contributed by atoms with Crippen LogP contribution in [0, 0.1) is 0 Å². The first kappa shape index (κ1) is 12.8. The Balaban J connectivity index is 2.63. The predicted molar refractivity (Wildman–Crippen MR) is 66.6 cm³/mol. The van der Waals surface area contributed by atoms with Gasteiger partial charge in [0.1, 0.15) is 5.82 Å². The van der Waals surface area contributed by atoms with E-state index in [4.69, 9.17) is 10.5 Å². The SMILES string of the molecule is CCOC(C)CNc1c(N)c(CC)nn1C. The van der Waals surface area contributed by atoms with Crippen LogP contribution in [0.5, 0.6) is 0 Å². The summed E-state index contributed by atoms with van der Waals surface area (Å²) in [6.07, 6.45) is 1.02. The fraction of sp³-hybridized carbons (Fsp3) is 0.727. The molecule has 1 unspecified atom stereocenters. The molecular weight excluding hydrogens is 204 g/mol. The Morgan fingerprint density at radius 2 is 2.19 bits per heavy atom. The van der Waals surface area contributed by atoms with Crippen LogP contribution in [0.25, 0.3) is 0 Å². The van der Waals surface area contributed by atoms with Crippen LogP contribution in [-0.2, 0) is 18.2 Å². The first-order valence-electron chi connectivity index (χ1n) is 5.76. The molecule has 0 bridgehead atoms. The third-order valence-corrected chi connectivity index (χ3v) is 2.50. The molecule has 1 heterocycles. The van der Waals surface area contributed by atoms with Gasteiger partial charge in [0, 0.05) is 20.2 Å². The molecule has 0 saturated heterocycles. The normalized spacial score (nSPS) is 12.8. The number of anilines is 2. The third-order valence-electron chi connectivity index (χ3n) is 2.50. The van der Waals surface area contributed by atoms with Crippen LogP contribution in [0.4, 0.5) is 11.5 Å². The molecule has 16 heavy (non-hydrogen) atoms. The van der Waals surface area contributed by atoms with E-state index < -0.39 is 0 Å². The fourth-order valence-corrected chi connectivity index (χ4v) is 1.65. The van der Waals surface area contributed by atoms with Crippen LogP contribution in [-0.4, -0.2) is 29.0 Å². The summed E-state index contributed by atoms with van der Waals surface area (Å²) in [6, 6.07) is 0. The summed E-state index contributed by atoms with van der Waals surface area (Å²) < 4.78 is 7.23. The van der Waals surface area contributed by atoms with Crippen molar-refractivity contribution in [2.24, 2.45) is 7.05 Å².